The first-order valence-corrected chi connectivity index (χ1v) is 8.30. The highest BCUT2D eigenvalue weighted by Gasteiger charge is 2.14. The summed E-state index contributed by atoms with van der Waals surface area (Å²) >= 11 is 11.9. The molecule has 0 fully saturated rings. The molecular formula is C18H19Cl2NO3. The predicted octanol–water partition coefficient (Wildman–Crippen LogP) is 5.19. The quantitative estimate of drug-likeness (QED) is 0.661. The van der Waals surface area contributed by atoms with Crippen molar-refractivity contribution < 1.29 is 14.6 Å². The van der Waals surface area contributed by atoms with Crippen molar-refractivity contribution in [3.05, 3.63) is 57.1 Å². The van der Waals surface area contributed by atoms with Crippen molar-refractivity contribution in [3.8, 4) is 5.75 Å². The molecule has 2 N–H and O–H groups in total. The number of rotatable bonds is 7. The van der Waals surface area contributed by atoms with Crippen molar-refractivity contribution in [2.75, 3.05) is 18.5 Å². The first-order valence-electron chi connectivity index (χ1n) is 7.54. The lowest BCUT2D eigenvalue weighted by molar-refractivity contribution is 0.0698. The fourth-order valence-corrected chi connectivity index (χ4v) is 2.81. The van der Waals surface area contributed by atoms with Crippen LogP contribution in [0.25, 0.3) is 0 Å². The summed E-state index contributed by atoms with van der Waals surface area (Å²) in [7, 11) is 0. The molecule has 0 aliphatic heterocycles. The molecule has 2 aromatic carbocycles. The molecule has 2 rings (SSSR count). The maximum absolute atomic E-state index is 11.3. The Morgan fingerprint density at radius 1 is 1.21 bits per heavy atom. The van der Waals surface area contributed by atoms with Gasteiger partial charge in [0.25, 0.3) is 0 Å². The van der Waals surface area contributed by atoms with Gasteiger partial charge in [0.05, 0.1) is 22.9 Å². The number of hydrogen-bond donors (Lipinski definition) is 2. The zero-order valence-electron chi connectivity index (χ0n) is 13.5. The van der Waals surface area contributed by atoms with Crippen molar-refractivity contribution in [1.29, 1.82) is 0 Å². The van der Waals surface area contributed by atoms with Gasteiger partial charge in [0.2, 0.25) is 0 Å². The molecule has 0 spiro atoms. The van der Waals surface area contributed by atoms with Crippen LogP contribution in [0.5, 0.6) is 5.75 Å². The number of nitrogens with one attached hydrogen (secondary N) is 1. The Balaban J connectivity index is 1.91. The van der Waals surface area contributed by atoms with Gasteiger partial charge in [0, 0.05) is 11.6 Å². The van der Waals surface area contributed by atoms with E-state index in [9.17, 15) is 9.90 Å². The Hall–Kier alpha value is -1.91. The Morgan fingerprint density at radius 2 is 1.96 bits per heavy atom. The summed E-state index contributed by atoms with van der Waals surface area (Å²) in [6.07, 6.45) is 0.700. The average Bonchev–Trinajstić information content (AvgIpc) is 2.51. The van der Waals surface area contributed by atoms with Crippen LogP contribution in [-0.4, -0.2) is 24.2 Å². The second-order valence-corrected chi connectivity index (χ2v) is 6.36. The highest BCUT2D eigenvalue weighted by atomic mass is 35.5. The van der Waals surface area contributed by atoms with Gasteiger partial charge in [-0.2, -0.15) is 0 Å². The predicted molar refractivity (Wildman–Crippen MR) is 97.9 cm³/mol. The first-order chi connectivity index (χ1) is 11.4. The third-order valence-corrected chi connectivity index (χ3v) is 4.03. The van der Waals surface area contributed by atoms with Crippen LogP contribution in [-0.2, 0) is 0 Å². The highest BCUT2D eigenvalue weighted by molar-refractivity contribution is 6.37. The molecule has 0 saturated heterocycles. The molecule has 0 saturated carbocycles. The third kappa shape index (κ3) is 4.79. The normalized spacial score (nSPS) is 10.5. The van der Waals surface area contributed by atoms with Crippen LogP contribution in [0.3, 0.4) is 0 Å². The lowest BCUT2D eigenvalue weighted by Gasteiger charge is -2.13. The standard InChI is InChI=1S/C18H19Cl2NO3/c1-11-4-5-12(2)16(8-11)24-7-3-6-21-17-14(18(22)23)9-13(19)10-15(17)20/h4-5,8-10,21H,3,6-7H2,1-2H3,(H,22,23). The van der Waals surface area contributed by atoms with E-state index in [4.69, 9.17) is 27.9 Å². The number of benzene rings is 2. The number of hydrogen-bond acceptors (Lipinski definition) is 3. The molecule has 4 nitrogen and oxygen atoms in total. The molecular weight excluding hydrogens is 349 g/mol. The average molecular weight is 368 g/mol. The Kier molecular flexibility index (Phi) is 6.35. The fraction of sp³-hybridized carbons (Fsp3) is 0.278. The minimum Gasteiger partial charge on any atom is -0.493 e. The Bertz CT molecular complexity index is 747. The second kappa shape index (κ2) is 8.27. The van der Waals surface area contributed by atoms with Gasteiger partial charge in [0.1, 0.15) is 5.75 Å². The summed E-state index contributed by atoms with van der Waals surface area (Å²) in [6, 6.07) is 8.96. The van der Waals surface area contributed by atoms with E-state index in [0.29, 0.717) is 30.3 Å². The van der Waals surface area contributed by atoms with Crippen LogP contribution in [0.4, 0.5) is 5.69 Å². The molecule has 6 heteroatoms. The number of halogens is 2. The van der Waals surface area contributed by atoms with Crippen LogP contribution in [0.1, 0.15) is 27.9 Å². The molecule has 128 valence electrons. The van der Waals surface area contributed by atoms with Crippen LogP contribution < -0.4 is 10.1 Å². The topological polar surface area (TPSA) is 58.6 Å². The summed E-state index contributed by atoms with van der Waals surface area (Å²) in [5.41, 5.74) is 2.67. The number of carboxylic acids is 1. The Morgan fingerprint density at radius 3 is 2.67 bits per heavy atom. The van der Waals surface area contributed by atoms with Crippen LogP contribution in [0.15, 0.2) is 30.3 Å². The second-order valence-electron chi connectivity index (χ2n) is 5.51. The van der Waals surface area contributed by atoms with Gasteiger partial charge in [-0.3, -0.25) is 0 Å². The van der Waals surface area contributed by atoms with Crippen LogP contribution in [0.2, 0.25) is 10.0 Å². The molecule has 0 bridgehead atoms. The number of anilines is 1. The van der Waals surface area contributed by atoms with Crippen molar-refractivity contribution >= 4 is 34.9 Å². The van der Waals surface area contributed by atoms with Crippen molar-refractivity contribution in [1.82, 2.24) is 0 Å². The maximum Gasteiger partial charge on any atom is 0.337 e. The van der Waals surface area contributed by atoms with Crippen molar-refractivity contribution in [3.63, 3.8) is 0 Å². The summed E-state index contributed by atoms with van der Waals surface area (Å²) in [5, 5.41) is 12.9. The minimum atomic E-state index is -1.08. The number of aryl methyl sites for hydroxylation is 2. The van der Waals surface area contributed by atoms with Gasteiger partial charge in [-0.15, -0.1) is 0 Å². The molecule has 0 aliphatic rings. The maximum atomic E-state index is 11.3. The summed E-state index contributed by atoms with van der Waals surface area (Å²) in [6.45, 7) is 5.07. The van der Waals surface area contributed by atoms with E-state index in [-0.39, 0.29) is 10.6 Å². The molecule has 0 aliphatic carbocycles. The number of carboxylic acid groups (broad SMARTS) is 1. The monoisotopic (exact) mass is 367 g/mol. The summed E-state index contributed by atoms with van der Waals surface area (Å²) < 4.78 is 5.77. The molecule has 0 aromatic heterocycles. The lowest BCUT2D eigenvalue weighted by Crippen LogP contribution is -2.11. The minimum absolute atomic E-state index is 0.0583. The van der Waals surface area contributed by atoms with Crippen molar-refractivity contribution in [2.24, 2.45) is 0 Å². The Labute approximate surface area is 151 Å². The number of ether oxygens (including phenoxy) is 1. The van der Waals surface area contributed by atoms with Crippen LogP contribution >= 0.6 is 23.2 Å². The van der Waals surface area contributed by atoms with E-state index in [1.54, 1.807) is 0 Å². The third-order valence-electron chi connectivity index (χ3n) is 3.51. The van der Waals surface area contributed by atoms with E-state index in [1.165, 1.54) is 12.1 Å². The molecule has 0 atom stereocenters. The molecule has 0 radical (unpaired) electrons. The van der Waals surface area contributed by atoms with E-state index in [0.717, 1.165) is 16.9 Å². The smallest absolute Gasteiger partial charge is 0.337 e. The molecule has 2 aromatic rings. The first kappa shape index (κ1) is 18.4. The highest BCUT2D eigenvalue weighted by Crippen LogP contribution is 2.30. The number of aromatic carboxylic acids is 1. The van der Waals surface area contributed by atoms with E-state index >= 15 is 0 Å². The van der Waals surface area contributed by atoms with E-state index in [2.05, 4.69) is 5.32 Å². The number of carbonyl (C=O) groups is 1. The van der Waals surface area contributed by atoms with Gasteiger partial charge in [-0.25, -0.2) is 4.79 Å². The van der Waals surface area contributed by atoms with Gasteiger partial charge >= 0.3 is 5.97 Å². The van der Waals surface area contributed by atoms with Gasteiger partial charge in [-0.05, 0) is 49.6 Å². The van der Waals surface area contributed by atoms with Gasteiger partial charge in [0.15, 0.2) is 0 Å². The van der Waals surface area contributed by atoms with Crippen molar-refractivity contribution in [2.45, 2.75) is 20.3 Å². The molecule has 0 unspecified atom stereocenters. The van der Waals surface area contributed by atoms with Gasteiger partial charge < -0.3 is 15.2 Å². The van der Waals surface area contributed by atoms with E-state index < -0.39 is 5.97 Å². The zero-order chi connectivity index (χ0) is 17.7. The fourth-order valence-electron chi connectivity index (χ4n) is 2.25. The zero-order valence-corrected chi connectivity index (χ0v) is 15.0. The molecule has 0 heterocycles. The van der Waals surface area contributed by atoms with Crippen LogP contribution in [0, 0.1) is 13.8 Å². The summed E-state index contributed by atoms with van der Waals surface area (Å²) in [5.74, 6) is -0.209. The summed E-state index contributed by atoms with van der Waals surface area (Å²) in [4.78, 5) is 11.3. The SMILES string of the molecule is Cc1ccc(C)c(OCCCNc2c(Cl)cc(Cl)cc2C(=O)O)c1. The van der Waals surface area contributed by atoms with Gasteiger partial charge in [-0.1, -0.05) is 35.3 Å². The lowest BCUT2D eigenvalue weighted by atomic mass is 10.1. The molecule has 0 amide bonds. The largest absolute Gasteiger partial charge is 0.493 e. The molecule has 24 heavy (non-hydrogen) atoms. The van der Waals surface area contributed by atoms with E-state index in [1.807, 2.05) is 32.0 Å².